The highest BCUT2D eigenvalue weighted by molar-refractivity contribution is 5.57. The third-order valence-electron chi connectivity index (χ3n) is 1.78. The van der Waals surface area contributed by atoms with Crippen LogP contribution < -0.4 is 5.73 Å². The molecule has 4 nitrogen and oxygen atoms in total. The molecular weight excluding hydrogens is 185 g/mol. The van der Waals surface area contributed by atoms with Crippen molar-refractivity contribution in [3.63, 3.8) is 0 Å². The summed E-state index contributed by atoms with van der Waals surface area (Å²) < 4.78 is 17.0. The Balaban J connectivity index is 2.33. The molecular formula is C9H8FN3O. The van der Waals surface area contributed by atoms with Crippen LogP contribution in [0.2, 0.25) is 0 Å². The molecule has 0 aliphatic heterocycles. The number of hydrogen-bond acceptors (Lipinski definition) is 4. The Hall–Kier alpha value is -1.91. The summed E-state index contributed by atoms with van der Waals surface area (Å²) in [7, 11) is 0. The summed E-state index contributed by atoms with van der Waals surface area (Å²) in [5, 5.41) is 0. The van der Waals surface area contributed by atoms with E-state index in [4.69, 9.17) is 10.2 Å². The minimum Gasteiger partial charge on any atom is -0.432 e. The third-order valence-corrected chi connectivity index (χ3v) is 1.78. The van der Waals surface area contributed by atoms with E-state index in [-0.39, 0.29) is 6.01 Å². The summed E-state index contributed by atoms with van der Waals surface area (Å²) in [5.41, 5.74) is 7.06. The highest BCUT2D eigenvalue weighted by atomic mass is 19.1. The zero-order valence-electron chi connectivity index (χ0n) is 7.27. The van der Waals surface area contributed by atoms with Gasteiger partial charge in [-0.3, -0.25) is 4.98 Å². The Morgan fingerprint density at radius 3 is 2.79 bits per heavy atom. The number of rotatable bonds is 2. The van der Waals surface area contributed by atoms with Gasteiger partial charge in [0.15, 0.2) is 0 Å². The van der Waals surface area contributed by atoms with E-state index in [1.165, 1.54) is 12.5 Å². The molecule has 72 valence electrons. The first-order chi connectivity index (χ1) is 6.79. The van der Waals surface area contributed by atoms with Crippen LogP contribution in [0.1, 0.15) is 5.69 Å². The minimum absolute atomic E-state index is 0.106. The molecule has 0 atom stereocenters. The minimum atomic E-state index is -0.568. The molecule has 0 aliphatic carbocycles. The van der Waals surface area contributed by atoms with Gasteiger partial charge in [-0.2, -0.15) is 4.98 Å². The number of nitrogen functional groups attached to an aromatic ring is 1. The highest BCUT2D eigenvalue weighted by Gasteiger charge is 2.03. The lowest BCUT2D eigenvalue weighted by Crippen LogP contribution is -1.87. The molecule has 0 radical (unpaired) electrons. The average Bonchev–Trinajstić information content (AvgIpc) is 2.65. The van der Waals surface area contributed by atoms with Gasteiger partial charge in [0.25, 0.3) is 6.01 Å². The third kappa shape index (κ3) is 1.56. The van der Waals surface area contributed by atoms with E-state index in [0.29, 0.717) is 11.4 Å². The van der Waals surface area contributed by atoms with Crippen LogP contribution in [0.25, 0.3) is 11.3 Å². The molecule has 14 heavy (non-hydrogen) atoms. The van der Waals surface area contributed by atoms with Crippen LogP contribution in [0, 0.1) is 0 Å². The zero-order chi connectivity index (χ0) is 9.97. The fourth-order valence-corrected chi connectivity index (χ4v) is 1.08. The number of anilines is 1. The number of oxazole rings is 1. The lowest BCUT2D eigenvalue weighted by molar-refractivity contribution is 0.476. The maximum Gasteiger partial charge on any atom is 0.292 e. The van der Waals surface area contributed by atoms with Crippen molar-refractivity contribution in [1.82, 2.24) is 9.97 Å². The fourth-order valence-electron chi connectivity index (χ4n) is 1.08. The van der Waals surface area contributed by atoms with Crippen molar-refractivity contribution >= 4 is 6.01 Å². The predicted octanol–water partition coefficient (Wildman–Crippen LogP) is 1.79. The van der Waals surface area contributed by atoms with Crippen LogP contribution in [0.4, 0.5) is 10.4 Å². The van der Waals surface area contributed by atoms with Crippen molar-refractivity contribution < 1.29 is 8.81 Å². The van der Waals surface area contributed by atoms with Gasteiger partial charge in [-0.1, -0.05) is 0 Å². The van der Waals surface area contributed by atoms with E-state index < -0.39 is 6.67 Å². The Labute approximate surface area is 79.6 Å². The van der Waals surface area contributed by atoms with Crippen LogP contribution in [-0.4, -0.2) is 9.97 Å². The summed E-state index contributed by atoms with van der Waals surface area (Å²) >= 11 is 0. The summed E-state index contributed by atoms with van der Waals surface area (Å²) in [4.78, 5) is 7.80. The van der Waals surface area contributed by atoms with Gasteiger partial charge in [-0.05, 0) is 12.1 Å². The van der Waals surface area contributed by atoms with Gasteiger partial charge in [-0.25, -0.2) is 4.39 Å². The van der Waals surface area contributed by atoms with Crippen molar-refractivity contribution in [3.8, 4) is 11.3 Å². The van der Waals surface area contributed by atoms with E-state index in [2.05, 4.69) is 9.97 Å². The molecule has 2 N–H and O–H groups in total. The summed E-state index contributed by atoms with van der Waals surface area (Å²) in [6.07, 6.45) is 2.97. The molecule has 0 fully saturated rings. The summed E-state index contributed by atoms with van der Waals surface area (Å²) in [6.45, 7) is -0.568. The van der Waals surface area contributed by atoms with E-state index >= 15 is 0 Å². The van der Waals surface area contributed by atoms with Gasteiger partial charge in [-0.15, -0.1) is 0 Å². The Bertz CT molecular complexity index is 424. The number of aromatic nitrogens is 2. The molecule has 2 aromatic heterocycles. The Kier molecular flexibility index (Phi) is 2.14. The first-order valence-corrected chi connectivity index (χ1v) is 4.02. The second-order valence-electron chi connectivity index (χ2n) is 2.74. The monoisotopic (exact) mass is 193 g/mol. The van der Waals surface area contributed by atoms with E-state index in [1.54, 1.807) is 12.1 Å². The maximum atomic E-state index is 12.1. The van der Waals surface area contributed by atoms with Gasteiger partial charge >= 0.3 is 0 Å². The molecule has 0 saturated carbocycles. The number of nitrogens with zero attached hydrogens (tertiary/aromatic N) is 2. The van der Waals surface area contributed by atoms with Gasteiger partial charge in [0.1, 0.15) is 18.6 Å². The van der Waals surface area contributed by atoms with Crippen LogP contribution in [0.3, 0.4) is 0 Å². The average molecular weight is 193 g/mol. The maximum absolute atomic E-state index is 12.1. The molecule has 0 saturated heterocycles. The normalized spacial score (nSPS) is 10.4. The number of halogens is 1. The Morgan fingerprint density at radius 1 is 1.43 bits per heavy atom. The standard InChI is InChI=1S/C9H8FN3O/c10-3-7-2-1-6(4-12-7)8-5-14-9(11)13-8/h1-2,4-5H,3H2,(H2,11,13). The van der Waals surface area contributed by atoms with Crippen LogP contribution in [0.15, 0.2) is 29.0 Å². The fraction of sp³-hybridized carbons (Fsp3) is 0.111. The van der Waals surface area contributed by atoms with E-state index in [9.17, 15) is 4.39 Å². The summed E-state index contributed by atoms with van der Waals surface area (Å²) in [6, 6.07) is 3.42. The van der Waals surface area contributed by atoms with E-state index in [1.807, 2.05) is 0 Å². The molecule has 5 heteroatoms. The number of nitrogens with two attached hydrogens (primary N) is 1. The van der Waals surface area contributed by atoms with E-state index in [0.717, 1.165) is 5.56 Å². The lowest BCUT2D eigenvalue weighted by Gasteiger charge is -1.95. The van der Waals surface area contributed by atoms with Crippen LogP contribution >= 0.6 is 0 Å². The molecule has 0 amide bonds. The zero-order valence-corrected chi connectivity index (χ0v) is 7.27. The van der Waals surface area contributed by atoms with Gasteiger partial charge < -0.3 is 10.2 Å². The van der Waals surface area contributed by atoms with Crippen molar-refractivity contribution in [3.05, 3.63) is 30.3 Å². The molecule has 0 aliphatic rings. The number of alkyl halides is 1. The van der Waals surface area contributed by atoms with Crippen LogP contribution in [0.5, 0.6) is 0 Å². The molecule has 2 rings (SSSR count). The topological polar surface area (TPSA) is 64.9 Å². The molecule has 2 aromatic rings. The first-order valence-electron chi connectivity index (χ1n) is 4.02. The second-order valence-corrected chi connectivity index (χ2v) is 2.74. The van der Waals surface area contributed by atoms with Crippen molar-refractivity contribution in [2.75, 3.05) is 5.73 Å². The molecule has 0 unspecified atom stereocenters. The lowest BCUT2D eigenvalue weighted by atomic mass is 10.2. The largest absolute Gasteiger partial charge is 0.432 e. The van der Waals surface area contributed by atoms with Crippen molar-refractivity contribution in [2.45, 2.75) is 6.67 Å². The first kappa shape index (κ1) is 8.68. The van der Waals surface area contributed by atoms with Crippen molar-refractivity contribution in [1.29, 1.82) is 0 Å². The molecule has 0 spiro atoms. The quantitative estimate of drug-likeness (QED) is 0.789. The van der Waals surface area contributed by atoms with Crippen molar-refractivity contribution in [2.24, 2.45) is 0 Å². The SMILES string of the molecule is Nc1nc(-c2ccc(CF)nc2)co1. The second kappa shape index (κ2) is 3.45. The summed E-state index contributed by atoms with van der Waals surface area (Å²) in [5.74, 6) is 0. The molecule has 2 heterocycles. The molecule has 0 aromatic carbocycles. The highest BCUT2D eigenvalue weighted by Crippen LogP contribution is 2.18. The number of hydrogen-bond donors (Lipinski definition) is 1. The number of pyridine rings is 1. The Morgan fingerprint density at radius 2 is 2.29 bits per heavy atom. The van der Waals surface area contributed by atoms with Gasteiger partial charge in [0.2, 0.25) is 0 Å². The predicted molar refractivity (Wildman–Crippen MR) is 49.0 cm³/mol. The van der Waals surface area contributed by atoms with Gasteiger partial charge in [0.05, 0.1) is 5.69 Å². The smallest absolute Gasteiger partial charge is 0.292 e. The molecule has 0 bridgehead atoms. The van der Waals surface area contributed by atoms with Gasteiger partial charge in [0, 0.05) is 11.8 Å². The van der Waals surface area contributed by atoms with Crippen LogP contribution in [-0.2, 0) is 6.67 Å².